The smallest absolute Gasteiger partial charge is 0.242 e. The van der Waals surface area contributed by atoms with Crippen LogP contribution in [-0.4, -0.2) is 44.2 Å². The van der Waals surface area contributed by atoms with Gasteiger partial charge in [0, 0.05) is 12.1 Å². The molecule has 1 aliphatic rings. The largest absolute Gasteiger partial charge is 0.352 e. The van der Waals surface area contributed by atoms with Crippen LogP contribution in [0.3, 0.4) is 0 Å². The van der Waals surface area contributed by atoms with E-state index in [9.17, 15) is 4.79 Å². The van der Waals surface area contributed by atoms with Crippen LogP contribution in [0, 0.1) is 0 Å². The fourth-order valence-electron chi connectivity index (χ4n) is 3.59. The van der Waals surface area contributed by atoms with E-state index in [1.807, 2.05) is 48.9 Å². The van der Waals surface area contributed by atoms with Crippen molar-refractivity contribution >= 4 is 5.91 Å². The average Bonchev–Trinajstić information content (AvgIpc) is 3.10. The number of aromatic nitrogens is 3. The minimum absolute atomic E-state index is 0.0756. The summed E-state index contributed by atoms with van der Waals surface area (Å²) in [5, 5.41) is 7.35. The molecule has 0 radical (unpaired) electrons. The maximum atomic E-state index is 13.0. The van der Waals surface area contributed by atoms with Crippen LogP contribution >= 0.6 is 0 Å². The highest BCUT2D eigenvalue weighted by Crippen LogP contribution is 2.30. The van der Waals surface area contributed by atoms with Crippen molar-refractivity contribution in [1.82, 2.24) is 25.0 Å². The molecule has 0 bridgehead atoms. The molecular formula is C19H27N5O. The molecule has 3 rings (SSSR count). The molecule has 2 atom stereocenters. The summed E-state index contributed by atoms with van der Waals surface area (Å²) in [6.07, 6.45) is 6.68. The number of benzene rings is 1. The fraction of sp³-hybridized carbons (Fsp3) is 0.526. The van der Waals surface area contributed by atoms with Crippen molar-refractivity contribution in [2.45, 2.75) is 57.8 Å². The lowest BCUT2D eigenvalue weighted by atomic mass is 9.95. The summed E-state index contributed by atoms with van der Waals surface area (Å²) >= 11 is 0. The lowest BCUT2D eigenvalue weighted by molar-refractivity contribution is -0.129. The van der Waals surface area contributed by atoms with Crippen LogP contribution in [0.4, 0.5) is 0 Å². The van der Waals surface area contributed by atoms with E-state index in [4.69, 9.17) is 0 Å². The summed E-state index contributed by atoms with van der Waals surface area (Å²) in [5.41, 5.74) is 1.05. The van der Waals surface area contributed by atoms with E-state index in [1.54, 1.807) is 12.7 Å². The Balaban J connectivity index is 1.87. The van der Waals surface area contributed by atoms with E-state index < -0.39 is 0 Å². The predicted molar refractivity (Wildman–Crippen MR) is 96.8 cm³/mol. The molecule has 2 aromatic rings. The standard InChI is InChI=1S/C19H27N5O/c1-15(2)22-19(25)18(16-8-4-3-5-9-16)24-11-7-6-10-17(24)12-23-14-20-13-21-23/h3-5,8-9,13-15,17-18H,6-7,10-12H2,1-2H3,(H,22,25). The van der Waals surface area contributed by atoms with E-state index in [1.165, 1.54) is 6.42 Å². The van der Waals surface area contributed by atoms with Gasteiger partial charge < -0.3 is 5.32 Å². The Morgan fingerprint density at radius 3 is 2.76 bits per heavy atom. The third-order valence-electron chi connectivity index (χ3n) is 4.66. The molecule has 2 heterocycles. The van der Waals surface area contributed by atoms with Gasteiger partial charge in [-0.15, -0.1) is 0 Å². The quantitative estimate of drug-likeness (QED) is 0.876. The number of hydrogen-bond acceptors (Lipinski definition) is 4. The molecule has 0 saturated carbocycles. The zero-order valence-corrected chi connectivity index (χ0v) is 15.0. The molecule has 1 aliphatic heterocycles. The number of carbonyl (C=O) groups excluding carboxylic acids is 1. The van der Waals surface area contributed by atoms with Gasteiger partial charge in [0.05, 0.1) is 6.54 Å². The molecular weight excluding hydrogens is 314 g/mol. The minimum Gasteiger partial charge on any atom is -0.352 e. The van der Waals surface area contributed by atoms with Gasteiger partial charge in [0.15, 0.2) is 0 Å². The molecule has 0 spiro atoms. The maximum Gasteiger partial charge on any atom is 0.242 e. The van der Waals surface area contributed by atoms with Crippen LogP contribution in [0.15, 0.2) is 43.0 Å². The van der Waals surface area contributed by atoms with Crippen molar-refractivity contribution in [3.63, 3.8) is 0 Å². The normalized spacial score (nSPS) is 19.7. The van der Waals surface area contributed by atoms with Gasteiger partial charge in [-0.1, -0.05) is 36.8 Å². The summed E-state index contributed by atoms with van der Waals surface area (Å²) in [7, 11) is 0. The second-order valence-electron chi connectivity index (χ2n) is 6.98. The zero-order valence-electron chi connectivity index (χ0n) is 15.0. The minimum atomic E-state index is -0.266. The Morgan fingerprint density at radius 2 is 2.08 bits per heavy atom. The van der Waals surface area contributed by atoms with Gasteiger partial charge in [-0.25, -0.2) is 4.98 Å². The molecule has 1 aromatic heterocycles. The fourth-order valence-corrected chi connectivity index (χ4v) is 3.59. The first kappa shape index (κ1) is 17.6. The van der Waals surface area contributed by atoms with Gasteiger partial charge in [0.1, 0.15) is 18.7 Å². The highest BCUT2D eigenvalue weighted by atomic mass is 16.2. The van der Waals surface area contributed by atoms with E-state index in [-0.39, 0.29) is 24.0 Å². The number of carbonyl (C=O) groups is 1. The number of piperidine rings is 1. The van der Waals surface area contributed by atoms with E-state index in [0.717, 1.165) is 31.5 Å². The first-order valence-electron chi connectivity index (χ1n) is 9.08. The summed E-state index contributed by atoms with van der Waals surface area (Å²) in [4.78, 5) is 19.4. The molecule has 134 valence electrons. The van der Waals surface area contributed by atoms with Crippen LogP contribution in [0.1, 0.15) is 44.7 Å². The Morgan fingerprint density at radius 1 is 1.28 bits per heavy atom. The van der Waals surface area contributed by atoms with Crippen molar-refractivity contribution in [2.24, 2.45) is 0 Å². The molecule has 6 heteroatoms. The first-order valence-corrected chi connectivity index (χ1v) is 9.08. The average molecular weight is 341 g/mol. The number of rotatable bonds is 6. The molecule has 1 saturated heterocycles. The van der Waals surface area contributed by atoms with E-state index in [0.29, 0.717) is 0 Å². The van der Waals surface area contributed by atoms with Gasteiger partial charge in [-0.3, -0.25) is 14.4 Å². The molecule has 1 aromatic carbocycles. The predicted octanol–water partition coefficient (Wildman–Crippen LogP) is 2.40. The van der Waals surface area contributed by atoms with Crippen molar-refractivity contribution in [3.05, 3.63) is 48.5 Å². The maximum absolute atomic E-state index is 13.0. The lowest BCUT2D eigenvalue weighted by Crippen LogP contribution is -2.50. The zero-order chi connectivity index (χ0) is 17.6. The highest BCUT2D eigenvalue weighted by molar-refractivity contribution is 5.83. The summed E-state index contributed by atoms with van der Waals surface area (Å²) in [6.45, 7) is 5.69. The summed E-state index contributed by atoms with van der Waals surface area (Å²) in [6, 6.07) is 10.2. The van der Waals surface area contributed by atoms with Crippen molar-refractivity contribution < 1.29 is 4.79 Å². The second-order valence-corrected chi connectivity index (χ2v) is 6.98. The van der Waals surface area contributed by atoms with Gasteiger partial charge in [0.25, 0.3) is 0 Å². The third-order valence-corrected chi connectivity index (χ3v) is 4.66. The highest BCUT2D eigenvalue weighted by Gasteiger charge is 2.34. The van der Waals surface area contributed by atoms with Crippen molar-refractivity contribution in [3.8, 4) is 0 Å². The van der Waals surface area contributed by atoms with Crippen LogP contribution in [0.5, 0.6) is 0 Å². The van der Waals surface area contributed by atoms with E-state index >= 15 is 0 Å². The second kappa shape index (κ2) is 8.25. The van der Waals surface area contributed by atoms with Gasteiger partial charge in [0.2, 0.25) is 5.91 Å². The molecule has 0 aliphatic carbocycles. The Hall–Kier alpha value is -2.21. The number of hydrogen-bond donors (Lipinski definition) is 1. The monoisotopic (exact) mass is 341 g/mol. The SMILES string of the molecule is CC(C)NC(=O)C(c1ccccc1)N1CCCCC1Cn1cncn1. The van der Waals surface area contributed by atoms with Crippen LogP contribution < -0.4 is 5.32 Å². The third kappa shape index (κ3) is 4.45. The van der Waals surface area contributed by atoms with Crippen LogP contribution in [0.25, 0.3) is 0 Å². The van der Waals surface area contributed by atoms with Crippen molar-refractivity contribution in [1.29, 1.82) is 0 Å². The molecule has 1 amide bonds. The number of nitrogens with one attached hydrogen (secondary N) is 1. The van der Waals surface area contributed by atoms with E-state index in [2.05, 4.69) is 20.3 Å². The molecule has 1 N–H and O–H groups in total. The van der Waals surface area contributed by atoms with Gasteiger partial charge in [-0.05, 0) is 38.8 Å². The summed E-state index contributed by atoms with van der Waals surface area (Å²) < 4.78 is 1.87. The molecule has 1 fully saturated rings. The van der Waals surface area contributed by atoms with Crippen LogP contribution in [0.2, 0.25) is 0 Å². The number of likely N-dealkylation sites (tertiary alicyclic amines) is 1. The molecule has 2 unspecified atom stereocenters. The van der Waals surface area contributed by atoms with Crippen LogP contribution in [-0.2, 0) is 11.3 Å². The Kier molecular flexibility index (Phi) is 5.81. The number of amides is 1. The van der Waals surface area contributed by atoms with Gasteiger partial charge >= 0.3 is 0 Å². The Labute approximate surface area is 149 Å². The van der Waals surface area contributed by atoms with Gasteiger partial charge in [-0.2, -0.15) is 5.10 Å². The first-order chi connectivity index (χ1) is 12.1. The summed E-state index contributed by atoms with van der Waals surface area (Å²) in [5.74, 6) is 0.0756. The van der Waals surface area contributed by atoms with Crippen molar-refractivity contribution in [2.75, 3.05) is 6.54 Å². The lowest BCUT2D eigenvalue weighted by Gasteiger charge is -2.40. The Bertz CT molecular complexity index is 656. The topological polar surface area (TPSA) is 63.1 Å². The molecule has 25 heavy (non-hydrogen) atoms. The molecule has 6 nitrogen and oxygen atoms in total. The number of nitrogens with zero attached hydrogens (tertiary/aromatic N) is 4.